The quantitative estimate of drug-likeness (QED) is 0.331. The van der Waals surface area contributed by atoms with Crippen molar-refractivity contribution in [1.29, 1.82) is 0 Å². The molecule has 1 aromatic heterocycles. The molecule has 1 saturated heterocycles. The number of hydrogen-bond acceptors (Lipinski definition) is 8. The fourth-order valence-electron chi connectivity index (χ4n) is 3.51. The number of ether oxygens (including phenoxy) is 2. The average molecular weight is 468 g/mol. The van der Waals surface area contributed by atoms with E-state index in [0.29, 0.717) is 18.8 Å². The maximum Gasteiger partial charge on any atom is 0.265 e. The minimum absolute atomic E-state index is 0.0356. The van der Waals surface area contributed by atoms with Gasteiger partial charge in [-0.3, -0.25) is 14.8 Å². The molecule has 31 heavy (non-hydrogen) atoms. The molecule has 8 nitrogen and oxygen atoms in total. The van der Waals surface area contributed by atoms with Gasteiger partial charge in [0.15, 0.2) is 20.4 Å². The van der Waals surface area contributed by atoms with Gasteiger partial charge in [0.2, 0.25) is 0 Å². The Balaban J connectivity index is 1.65. The summed E-state index contributed by atoms with van der Waals surface area (Å²) in [6.07, 6.45) is 0.433. The third-order valence-corrected chi connectivity index (χ3v) is 8.90. The number of hydrogen-bond donors (Lipinski definition) is 2. The number of nitrogens with one attached hydrogen (secondary N) is 1. The van der Waals surface area contributed by atoms with Gasteiger partial charge in [-0.1, -0.05) is 13.0 Å². The van der Waals surface area contributed by atoms with Gasteiger partial charge in [0.1, 0.15) is 5.75 Å². The van der Waals surface area contributed by atoms with Crippen LogP contribution >= 0.6 is 11.3 Å². The van der Waals surface area contributed by atoms with E-state index < -0.39 is 20.5 Å². The molecule has 1 aliphatic rings. The van der Waals surface area contributed by atoms with Crippen LogP contribution in [0.1, 0.15) is 35.9 Å². The molecule has 2 N–H and O–H groups in total. The van der Waals surface area contributed by atoms with Crippen molar-refractivity contribution in [1.82, 2.24) is 5.48 Å². The number of amides is 1. The molecular formula is C21H25NO7S2. The van der Waals surface area contributed by atoms with Crippen molar-refractivity contribution in [2.45, 2.75) is 35.8 Å². The highest BCUT2D eigenvalue weighted by molar-refractivity contribution is 7.93. The summed E-state index contributed by atoms with van der Waals surface area (Å²) in [6.45, 7) is 2.37. The summed E-state index contributed by atoms with van der Waals surface area (Å²) in [5, 5.41) is 11.0. The Bertz CT molecular complexity index is 995. The Morgan fingerprint density at radius 3 is 2.48 bits per heavy atom. The Morgan fingerprint density at radius 1 is 1.23 bits per heavy atom. The first-order valence-electron chi connectivity index (χ1n) is 9.89. The summed E-state index contributed by atoms with van der Waals surface area (Å²) in [5.74, 6) is -0.615. The van der Waals surface area contributed by atoms with Gasteiger partial charge in [-0.25, -0.2) is 13.9 Å². The standard InChI is InChI=1S/C21H25NO7S2/c1-15(19(23)18-3-2-14-30-18)8-11-29-16-4-6-17(7-5-16)31(26,27)21(20(24)22-25)9-12-28-13-10-21/h2-7,14-15,25H,8-13H2,1H3,(H,22,24). The second kappa shape index (κ2) is 9.90. The zero-order chi connectivity index (χ0) is 22.5. The van der Waals surface area contributed by atoms with Crippen molar-refractivity contribution >= 4 is 32.9 Å². The maximum atomic E-state index is 13.2. The fraction of sp³-hybridized carbons (Fsp3) is 0.429. The number of ketones is 1. The molecule has 10 heteroatoms. The van der Waals surface area contributed by atoms with Crippen LogP contribution in [0.5, 0.6) is 5.75 Å². The van der Waals surface area contributed by atoms with Crippen molar-refractivity contribution in [3.63, 3.8) is 0 Å². The molecule has 1 atom stereocenters. The van der Waals surface area contributed by atoms with E-state index in [2.05, 4.69) is 0 Å². The number of carbonyl (C=O) groups excluding carboxylic acids is 2. The summed E-state index contributed by atoms with van der Waals surface area (Å²) in [4.78, 5) is 25.2. The van der Waals surface area contributed by atoms with Crippen molar-refractivity contribution < 1.29 is 32.7 Å². The Labute approximate surface area is 185 Å². The first-order chi connectivity index (χ1) is 14.8. The lowest BCUT2D eigenvalue weighted by Crippen LogP contribution is -2.54. The molecule has 0 bridgehead atoms. The largest absolute Gasteiger partial charge is 0.494 e. The van der Waals surface area contributed by atoms with Crippen LogP contribution in [0.3, 0.4) is 0 Å². The van der Waals surface area contributed by atoms with Crippen LogP contribution in [0.2, 0.25) is 0 Å². The minimum Gasteiger partial charge on any atom is -0.494 e. The summed E-state index contributed by atoms with van der Waals surface area (Å²) in [7, 11) is -4.07. The molecule has 1 unspecified atom stereocenters. The molecule has 1 fully saturated rings. The van der Waals surface area contributed by atoms with E-state index >= 15 is 0 Å². The van der Waals surface area contributed by atoms with Gasteiger partial charge in [-0.2, -0.15) is 0 Å². The second-order valence-corrected chi connectivity index (χ2v) is 10.6. The number of sulfone groups is 1. The Hall–Kier alpha value is -2.27. The van der Waals surface area contributed by atoms with Gasteiger partial charge in [-0.15, -0.1) is 11.3 Å². The number of carbonyl (C=O) groups is 2. The summed E-state index contributed by atoms with van der Waals surface area (Å²) in [6, 6.07) is 9.43. The summed E-state index contributed by atoms with van der Waals surface area (Å²) < 4.78 is 35.5. The highest BCUT2D eigenvalue weighted by Crippen LogP contribution is 2.35. The monoisotopic (exact) mass is 467 g/mol. The summed E-state index contributed by atoms with van der Waals surface area (Å²) >= 11 is 1.41. The highest BCUT2D eigenvalue weighted by atomic mass is 32.2. The van der Waals surface area contributed by atoms with Crippen LogP contribution in [-0.4, -0.2) is 49.9 Å². The van der Waals surface area contributed by atoms with Crippen molar-refractivity contribution in [3.8, 4) is 5.75 Å². The zero-order valence-electron chi connectivity index (χ0n) is 17.1. The molecule has 1 aromatic carbocycles. The Kier molecular flexibility index (Phi) is 7.47. The normalized spacial score (nSPS) is 17.0. The minimum atomic E-state index is -4.07. The van der Waals surface area contributed by atoms with Crippen LogP contribution in [0.15, 0.2) is 46.7 Å². The molecule has 1 amide bonds. The molecular weight excluding hydrogens is 442 g/mol. The molecule has 1 aliphatic heterocycles. The van der Waals surface area contributed by atoms with Crippen molar-refractivity contribution in [2.75, 3.05) is 19.8 Å². The lowest BCUT2D eigenvalue weighted by Gasteiger charge is -2.34. The molecule has 0 spiro atoms. The number of thiophene rings is 1. The van der Waals surface area contributed by atoms with Gasteiger partial charge < -0.3 is 9.47 Å². The van der Waals surface area contributed by atoms with Crippen LogP contribution in [0.4, 0.5) is 0 Å². The van der Waals surface area contributed by atoms with Gasteiger partial charge in [-0.05, 0) is 55.0 Å². The third-order valence-electron chi connectivity index (χ3n) is 5.50. The molecule has 3 rings (SSSR count). The number of benzene rings is 1. The molecule has 0 saturated carbocycles. The predicted molar refractivity (Wildman–Crippen MR) is 114 cm³/mol. The zero-order valence-corrected chi connectivity index (χ0v) is 18.7. The highest BCUT2D eigenvalue weighted by Gasteiger charge is 2.52. The van der Waals surface area contributed by atoms with E-state index in [1.807, 2.05) is 18.4 Å². The van der Waals surface area contributed by atoms with E-state index in [1.54, 1.807) is 6.07 Å². The van der Waals surface area contributed by atoms with Crippen LogP contribution in [-0.2, 0) is 19.4 Å². The number of hydroxylamine groups is 1. The lowest BCUT2D eigenvalue weighted by molar-refractivity contribution is -0.134. The first-order valence-corrected chi connectivity index (χ1v) is 12.3. The third kappa shape index (κ3) is 4.82. The summed E-state index contributed by atoms with van der Waals surface area (Å²) in [5.41, 5.74) is 1.50. The first kappa shape index (κ1) is 23.4. The smallest absolute Gasteiger partial charge is 0.265 e. The van der Waals surface area contributed by atoms with E-state index in [9.17, 15) is 18.0 Å². The number of rotatable bonds is 9. The molecule has 2 heterocycles. The van der Waals surface area contributed by atoms with Crippen LogP contribution in [0, 0.1) is 5.92 Å². The van der Waals surface area contributed by atoms with Gasteiger partial charge in [0.25, 0.3) is 5.91 Å². The topological polar surface area (TPSA) is 119 Å². The molecule has 0 radical (unpaired) electrons. The Morgan fingerprint density at radius 2 is 1.90 bits per heavy atom. The van der Waals surface area contributed by atoms with Gasteiger partial charge in [0, 0.05) is 19.1 Å². The van der Waals surface area contributed by atoms with Crippen LogP contribution in [0.25, 0.3) is 0 Å². The molecule has 2 aromatic rings. The van der Waals surface area contributed by atoms with Crippen molar-refractivity contribution in [2.24, 2.45) is 5.92 Å². The van der Waals surface area contributed by atoms with E-state index in [-0.39, 0.29) is 42.7 Å². The SMILES string of the molecule is CC(CCOc1ccc(S(=O)(=O)C2(C(=O)NO)CCOCC2)cc1)C(=O)c1cccs1. The average Bonchev–Trinajstić information content (AvgIpc) is 3.33. The van der Waals surface area contributed by atoms with Crippen molar-refractivity contribution in [3.05, 3.63) is 46.7 Å². The van der Waals surface area contributed by atoms with E-state index in [4.69, 9.17) is 14.7 Å². The van der Waals surface area contributed by atoms with Gasteiger partial charge in [0.05, 0.1) is 16.4 Å². The molecule has 168 valence electrons. The number of Topliss-reactive ketones (excluding diaryl/α,β-unsaturated/α-hetero) is 1. The predicted octanol–water partition coefficient (Wildman–Crippen LogP) is 2.86. The lowest BCUT2D eigenvalue weighted by atomic mass is 9.98. The second-order valence-electron chi connectivity index (χ2n) is 7.40. The molecule has 0 aliphatic carbocycles. The van der Waals surface area contributed by atoms with E-state index in [0.717, 1.165) is 4.88 Å². The van der Waals surface area contributed by atoms with Crippen LogP contribution < -0.4 is 10.2 Å². The van der Waals surface area contributed by atoms with E-state index in [1.165, 1.54) is 41.1 Å². The maximum absolute atomic E-state index is 13.2. The van der Waals surface area contributed by atoms with Gasteiger partial charge >= 0.3 is 0 Å². The fourth-order valence-corrected chi connectivity index (χ4v) is 6.23.